The van der Waals surface area contributed by atoms with Crippen LogP contribution in [0.5, 0.6) is 0 Å². The number of pyridine rings is 1. The Morgan fingerprint density at radius 2 is 1.89 bits per heavy atom. The van der Waals surface area contributed by atoms with E-state index < -0.39 is 9.84 Å². The number of halogens is 1. The van der Waals surface area contributed by atoms with E-state index in [-0.39, 0.29) is 11.7 Å². The first-order valence-electron chi connectivity index (χ1n) is 9.34. The van der Waals surface area contributed by atoms with E-state index in [1.165, 1.54) is 44.2 Å². The van der Waals surface area contributed by atoms with E-state index in [4.69, 9.17) is 0 Å². The normalized spacial score (nSPS) is 16.8. The molecule has 2 aromatic heterocycles. The van der Waals surface area contributed by atoms with Gasteiger partial charge in [0.1, 0.15) is 11.5 Å². The van der Waals surface area contributed by atoms with Crippen molar-refractivity contribution >= 4 is 20.9 Å². The molecule has 6 heteroatoms. The van der Waals surface area contributed by atoms with Gasteiger partial charge in [0, 0.05) is 23.3 Å². The van der Waals surface area contributed by atoms with E-state index in [9.17, 15) is 12.8 Å². The lowest BCUT2D eigenvalue weighted by molar-refractivity contribution is 0.469. The van der Waals surface area contributed by atoms with Crippen LogP contribution in [0.3, 0.4) is 0 Å². The van der Waals surface area contributed by atoms with Gasteiger partial charge in [0.2, 0.25) is 0 Å². The molecule has 1 N–H and O–H groups in total. The van der Waals surface area contributed by atoms with Gasteiger partial charge in [0.15, 0.2) is 9.84 Å². The van der Waals surface area contributed by atoms with Gasteiger partial charge in [-0.05, 0) is 42.2 Å². The number of hydrogen-bond donors (Lipinski definition) is 1. The number of benzene rings is 1. The lowest BCUT2D eigenvalue weighted by Crippen LogP contribution is -2.08. The molecule has 142 valence electrons. The van der Waals surface area contributed by atoms with Crippen molar-refractivity contribution in [2.45, 2.75) is 42.9 Å². The first-order valence-corrected chi connectivity index (χ1v) is 11.2. The minimum Gasteiger partial charge on any atom is -0.343 e. The number of H-pyrrole nitrogens is 1. The lowest BCUT2D eigenvalue weighted by Gasteiger charge is -2.20. The smallest absolute Gasteiger partial charge is 0.175 e. The molecular formula is C21H23FN2O2S. The monoisotopic (exact) mass is 386 g/mol. The highest BCUT2D eigenvalue weighted by Gasteiger charge is 2.24. The summed E-state index contributed by atoms with van der Waals surface area (Å²) >= 11 is 0. The molecule has 4 nitrogen and oxygen atoms in total. The van der Waals surface area contributed by atoms with Crippen molar-refractivity contribution in [2.24, 2.45) is 5.92 Å². The summed E-state index contributed by atoms with van der Waals surface area (Å²) in [6.07, 6.45) is 8.42. The van der Waals surface area contributed by atoms with Crippen LogP contribution in [0.4, 0.5) is 4.39 Å². The maximum atomic E-state index is 13.5. The lowest BCUT2D eigenvalue weighted by atomic mass is 9.85. The van der Waals surface area contributed by atoms with Crippen LogP contribution in [0.2, 0.25) is 0 Å². The van der Waals surface area contributed by atoms with Crippen LogP contribution in [-0.4, -0.2) is 24.6 Å². The van der Waals surface area contributed by atoms with E-state index in [2.05, 4.69) is 9.97 Å². The highest BCUT2D eigenvalue weighted by molar-refractivity contribution is 7.90. The fourth-order valence-corrected chi connectivity index (χ4v) is 4.80. The molecule has 1 aliphatic carbocycles. The molecule has 1 unspecified atom stereocenters. The second-order valence-electron chi connectivity index (χ2n) is 7.60. The second kappa shape index (κ2) is 7.08. The van der Waals surface area contributed by atoms with E-state index in [0.29, 0.717) is 16.5 Å². The van der Waals surface area contributed by atoms with Gasteiger partial charge in [0.25, 0.3) is 0 Å². The summed E-state index contributed by atoms with van der Waals surface area (Å²) in [6, 6.07) is 10.6. The maximum Gasteiger partial charge on any atom is 0.175 e. The van der Waals surface area contributed by atoms with Crippen LogP contribution < -0.4 is 0 Å². The Balaban J connectivity index is 1.73. The second-order valence-corrected chi connectivity index (χ2v) is 9.61. The van der Waals surface area contributed by atoms with Crippen molar-refractivity contribution in [3.05, 3.63) is 59.7 Å². The Kier molecular flexibility index (Phi) is 4.76. The predicted octanol–water partition coefficient (Wildman–Crippen LogP) is 4.82. The zero-order valence-electron chi connectivity index (χ0n) is 15.3. The van der Waals surface area contributed by atoms with E-state index in [0.717, 1.165) is 23.1 Å². The molecule has 1 aromatic carbocycles. The average molecular weight is 386 g/mol. The zero-order valence-corrected chi connectivity index (χ0v) is 16.1. The van der Waals surface area contributed by atoms with Crippen molar-refractivity contribution < 1.29 is 12.8 Å². The third kappa shape index (κ3) is 3.90. The summed E-state index contributed by atoms with van der Waals surface area (Å²) in [5, 5.41) is 0.758. The van der Waals surface area contributed by atoms with Crippen LogP contribution in [0.25, 0.3) is 11.0 Å². The van der Waals surface area contributed by atoms with Crippen LogP contribution in [0.1, 0.15) is 49.3 Å². The molecule has 0 saturated heterocycles. The molecule has 0 amide bonds. The molecule has 0 bridgehead atoms. The summed E-state index contributed by atoms with van der Waals surface area (Å²) in [5.74, 6) is 0.414. The third-order valence-electron chi connectivity index (χ3n) is 5.59. The van der Waals surface area contributed by atoms with E-state index in [1.807, 2.05) is 18.2 Å². The number of sulfone groups is 1. The van der Waals surface area contributed by atoms with E-state index >= 15 is 0 Å². The maximum absolute atomic E-state index is 13.5. The molecule has 1 aliphatic rings. The van der Waals surface area contributed by atoms with Gasteiger partial charge in [0.05, 0.1) is 11.1 Å². The number of aromatic amines is 1. The van der Waals surface area contributed by atoms with Gasteiger partial charge in [-0.15, -0.1) is 0 Å². The van der Waals surface area contributed by atoms with Gasteiger partial charge in [-0.1, -0.05) is 37.8 Å². The van der Waals surface area contributed by atoms with Gasteiger partial charge >= 0.3 is 0 Å². The summed E-state index contributed by atoms with van der Waals surface area (Å²) in [5.41, 5.74) is 2.75. The molecule has 2 heterocycles. The number of hydrogen-bond acceptors (Lipinski definition) is 3. The Morgan fingerprint density at radius 3 is 2.56 bits per heavy atom. The quantitative estimate of drug-likeness (QED) is 0.684. The minimum atomic E-state index is -3.22. The third-order valence-corrected chi connectivity index (χ3v) is 6.72. The van der Waals surface area contributed by atoms with Crippen molar-refractivity contribution in [3.63, 3.8) is 0 Å². The highest BCUT2D eigenvalue weighted by atomic mass is 32.2. The van der Waals surface area contributed by atoms with Crippen LogP contribution in [-0.2, 0) is 9.84 Å². The zero-order chi connectivity index (χ0) is 19.0. The standard InChI is InChI=1S/C21H23FN2O2S/c1-27(25,26)18-8-6-15(7-9-18)19(10-14-4-2-3-5-14)20-12-16-11-17(22)13-23-21(16)24-20/h6-9,11-14,19H,2-5,10H2,1H3,(H,23,24). The Morgan fingerprint density at radius 1 is 1.19 bits per heavy atom. The average Bonchev–Trinajstić information content (AvgIpc) is 3.28. The van der Waals surface area contributed by atoms with Crippen LogP contribution in [0, 0.1) is 11.7 Å². The van der Waals surface area contributed by atoms with Crippen LogP contribution >= 0.6 is 0 Å². The fourth-order valence-electron chi connectivity index (χ4n) is 4.17. The first-order chi connectivity index (χ1) is 12.9. The fraction of sp³-hybridized carbons (Fsp3) is 0.381. The van der Waals surface area contributed by atoms with Gasteiger partial charge in [-0.3, -0.25) is 0 Å². The Hall–Kier alpha value is -2.21. The molecular weight excluding hydrogens is 363 g/mol. The Bertz CT molecular complexity index is 1050. The van der Waals surface area contributed by atoms with Gasteiger partial charge in [-0.25, -0.2) is 17.8 Å². The molecule has 0 aliphatic heterocycles. The number of fused-ring (bicyclic) bond motifs is 1. The topological polar surface area (TPSA) is 62.8 Å². The molecule has 0 spiro atoms. The van der Waals surface area contributed by atoms with Crippen molar-refractivity contribution in [1.82, 2.24) is 9.97 Å². The molecule has 1 fully saturated rings. The summed E-state index contributed by atoms with van der Waals surface area (Å²) in [6.45, 7) is 0. The predicted molar refractivity (Wildman–Crippen MR) is 104 cm³/mol. The molecule has 4 rings (SSSR count). The Labute approximate surface area is 158 Å². The van der Waals surface area contributed by atoms with Crippen molar-refractivity contribution in [3.8, 4) is 0 Å². The van der Waals surface area contributed by atoms with Crippen LogP contribution in [0.15, 0.2) is 47.5 Å². The van der Waals surface area contributed by atoms with Gasteiger partial charge in [-0.2, -0.15) is 0 Å². The molecule has 3 aromatic rings. The summed E-state index contributed by atoms with van der Waals surface area (Å²) in [4.78, 5) is 7.82. The van der Waals surface area contributed by atoms with Crippen molar-refractivity contribution in [1.29, 1.82) is 0 Å². The number of nitrogens with zero attached hydrogens (tertiary/aromatic N) is 1. The minimum absolute atomic E-state index is 0.110. The van der Waals surface area contributed by atoms with E-state index in [1.54, 1.807) is 12.1 Å². The van der Waals surface area contributed by atoms with Crippen molar-refractivity contribution in [2.75, 3.05) is 6.26 Å². The molecule has 1 saturated carbocycles. The largest absolute Gasteiger partial charge is 0.343 e. The number of rotatable bonds is 5. The molecule has 0 radical (unpaired) electrons. The SMILES string of the molecule is CS(=O)(=O)c1ccc(C(CC2CCCC2)c2cc3cc(F)cnc3[nH]2)cc1. The number of nitrogens with one attached hydrogen (secondary N) is 1. The number of aromatic nitrogens is 2. The summed E-state index contributed by atoms with van der Waals surface area (Å²) in [7, 11) is -3.22. The van der Waals surface area contributed by atoms with Gasteiger partial charge < -0.3 is 4.98 Å². The first kappa shape index (κ1) is 18.2. The highest BCUT2D eigenvalue weighted by Crippen LogP contribution is 2.38. The molecule has 27 heavy (non-hydrogen) atoms. The molecule has 1 atom stereocenters. The summed E-state index contributed by atoms with van der Waals surface area (Å²) < 4.78 is 37.0.